The second kappa shape index (κ2) is 5.87. The number of rotatable bonds is 3. The van der Waals surface area contributed by atoms with Gasteiger partial charge in [0.25, 0.3) is 0 Å². The summed E-state index contributed by atoms with van der Waals surface area (Å²) in [5, 5.41) is 3.81. The number of nitrogens with one attached hydrogen (secondary N) is 1. The molecule has 0 atom stereocenters. The normalized spacial score (nSPS) is 13.1. The molecule has 2 heterocycles. The number of thiophene rings is 1. The molecule has 2 aromatic heterocycles. The Hall–Kier alpha value is -2.47. The summed E-state index contributed by atoms with van der Waals surface area (Å²) < 4.78 is 6.08. The Morgan fingerprint density at radius 1 is 1.29 bits per heavy atom. The average molecular weight is 339 g/mol. The van der Waals surface area contributed by atoms with Crippen molar-refractivity contribution in [2.24, 2.45) is 0 Å². The molecule has 24 heavy (non-hydrogen) atoms. The Morgan fingerprint density at radius 3 is 3.00 bits per heavy atom. The molecule has 0 bridgehead atoms. The summed E-state index contributed by atoms with van der Waals surface area (Å²) >= 11 is 1.75. The van der Waals surface area contributed by atoms with Crippen LogP contribution in [0.25, 0.3) is 10.2 Å². The first-order valence-corrected chi connectivity index (χ1v) is 8.76. The van der Waals surface area contributed by atoms with Crippen molar-refractivity contribution in [2.45, 2.75) is 33.1 Å². The lowest BCUT2D eigenvalue weighted by molar-refractivity contribution is -0.114. The molecular formula is C18H17N3O2S. The fraction of sp³-hybridized carbons (Fsp3) is 0.278. The third-order valence-corrected chi connectivity index (χ3v) is 5.20. The molecule has 0 fully saturated rings. The highest BCUT2D eigenvalue weighted by Gasteiger charge is 2.23. The molecule has 0 aliphatic heterocycles. The van der Waals surface area contributed by atoms with Gasteiger partial charge in [-0.1, -0.05) is 6.07 Å². The summed E-state index contributed by atoms with van der Waals surface area (Å²) in [6, 6.07) is 7.35. The van der Waals surface area contributed by atoms with Crippen molar-refractivity contribution >= 4 is 33.1 Å². The first-order chi connectivity index (χ1) is 11.6. The molecular weight excluding hydrogens is 322 g/mol. The summed E-state index contributed by atoms with van der Waals surface area (Å²) in [6.45, 7) is 3.37. The highest BCUT2D eigenvalue weighted by molar-refractivity contribution is 7.19. The number of carbonyl (C=O) groups excluding carboxylic acids is 1. The van der Waals surface area contributed by atoms with Gasteiger partial charge in [-0.15, -0.1) is 11.3 Å². The maximum Gasteiger partial charge on any atom is 0.231 e. The highest BCUT2D eigenvalue weighted by atomic mass is 32.1. The molecule has 6 heteroatoms. The van der Waals surface area contributed by atoms with E-state index in [1.165, 1.54) is 23.8 Å². The quantitative estimate of drug-likeness (QED) is 0.775. The largest absolute Gasteiger partial charge is 0.438 e. The van der Waals surface area contributed by atoms with Gasteiger partial charge in [-0.2, -0.15) is 4.98 Å². The summed E-state index contributed by atoms with van der Waals surface area (Å²) in [7, 11) is 0. The predicted molar refractivity (Wildman–Crippen MR) is 95.0 cm³/mol. The van der Waals surface area contributed by atoms with E-state index in [2.05, 4.69) is 15.3 Å². The zero-order valence-electron chi connectivity index (χ0n) is 13.5. The van der Waals surface area contributed by atoms with E-state index in [0.29, 0.717) is 23.1 Å². The van der Waals surface area contributed by atoms with Crippen LogP contribution in [0, 0.1) is 6.92 Å². The van der Waals surface area contributed by atoms with Gasteiger partial charge in [0.15, 0.2) is 0 Å². The third-order valence-electron chi connectivity index (χ3n) is 4.01. The van der Waals surface area contributed by atoms with Crippen LogP contribution in [-0.2, 0) is 17.6 Å². The van der Waals surface area contributed by atoms with Gasteiger partial charge in [0.2, 0.25) is 11.8 Å². The predicted octanol–water partition coefficient (Wildman–Crippen LogP) is 4.24. The van der Waals surface area contributed by atoms with Gasteiger partial charge >= 0.3 is 0 Å². The van der Waals surface area contributed by atoms with Gasteiger partial charge < -0.3 is 10.1 Å². The molecule has 1 N–H and O–H groups in total. The van der Waals surface area contributed by atoms with E-state index in [0.717, 1.165) is 23.1 Å². The monoisotopic (exact) mass is 339 g/mol. The smallest absolute Gasteiger partial charge is 0.231 e. The van der Waals surface area contributed by atoms with Crippen LogP contribution >= 0.6 is 11.3 Å². The number of nitrogens with zero attached hydrogens (tertiary/aromatic N) is 2. The van der Waals surface area contributed by atoms with Crippen LogP contribution in [0.5, 0.6) is 11.6 Å². The Kier molecular flexibility index (Phi) is 3.69. The third kappa shape index (κ3) is 2.73. The van der Waals surface area contributed by atoms with E-state index >= 15 is 0 Å². The van der Waals surface area contributed by atoms with E-state index < -0.39 is 0 Å². The maximum atomic E-state index is 11.2. The van der Waals surface area contributed by atoms with Crippen LogP contribution in [0.3, 0.4) is 0 Å². The first kappa shape index (κ1) is 15.1. The number of amides is 1. The summed E-state index contributed by atoms with van der Waals surface area (Å²) in [5.41, 5.74) is 2.04. The number of carbonyl (C=O) groups is 1. The minimum Gasteiger partial charge on any atom is -0.438 e. The molecule has 4 rings (SSSR count). The Morgan fingerprint density at radius 2 is 2.17 bits per heavy atom. The molecule has 5 nitrogen and oxygen atoms in total. The number of aryl methyl sites for hydroxylation is 3. The fourth-order valence-electron chi connectivity index (χ4n) is 3.09. The number of anilines is 1. The molecule has 1 amide bonds. The molecule has 1 aliphatic carbocycles. The number of aromatic nitrogens is 2. The molecule has 0 spiro atoms. The minimum absolute atomic E-state index is 0.108. The van der Waals surface area contributed by atoms with Crippen LogP contribution in [0.1, 0.15) is 29.6 Å². The number of hydrogen-bond acceptors (Lipinski definition) is 5. The van der Waals surface area contributed by atoms with Crippen molar-refractivity contribution < 1.29 is 9.53 Å². The number of hydrogen-bond donors (Lipinski definition) is 1. The van der Waals surface area contributed by atoms with Crippen molar-refractivity contribution in [3.8, 4) is 11.6 Å². The van der Waals surface area contributed by atoms with Crippen molar-refractivity contribution in [3.63, 3.8) is 0 Å². The van der Waals surface area contributed by atoms with Crippen LogP contribution in [0.2, 0.25) is 0 Å². The van der Waals surface area contributed by atoms with E-state index in [1.54, 1.807) is 17.4 Å². The van der Waals surface area contributed by atoms with Gasteiger partial charge in [0.1, 0.15) is 16.4 Å². The van der Waals surface area contributed by atoms with Gasteiger partial charge in [0, 0.05) is 23.6 Å². The standard InChI is InChI=1S/C18H17N3O2S/c1-10-19-17(16-14-7-4-8-15(14)24-18(16)20-10)23-13-6-3-5-12(9-13)21-11(2)22/h3,5-6,9H,4,7-8H2,1-2H3,(H,21,22). The first-order valence-electron chi connectivity index (χ1n) is 7.94. The SMILES string of the molecule is CC(=O)Nc1cccc(Oc2nc(C)nc3sc4c(c23)CCC4)c1. The second-order valence-electron chi connectivity index (χ2n) is 5.92. The zero-order valence-corrected chi connectivity index (χ0v) is 14.4. The van der Waals surface area contributed by atoms with E-state index in [1.807, 2.05) is 25.1 Å². The molecule has 0 unspecified atom stereocenters. The van der Waals surface area contributed by atoms with Crippen LogP contribution in [-0.4, -0.2) is 15.9 Å². The lowest BCUT2D eigenvalue weighted by Crippen LogP contribution is -2.05. The molecule has 3 aromatic rings. The molecule has 1 aromatic carbocycles. The summed E-state index contributed by atoms with van der Waals surface area (Å²) in [6.07, 6.45) is 3.36. The topological polar surface area (TPSA) is 64.1 Å². The lowest BCUT2D eigenvalue weighted by Gasteiger charge is -2.09. The van der Waals surface area contributed by atoms with Gasteiger partial charge in [-0.05, 0) is 43.9 Å². The molecule has 0 saturated carbocycles. The van der Waals surface area contributed by atoms with Gasteiger partial charge in [0.05, 0.1) is 5.39 Å². The highest BCUT2D eigenvalue weighted by Crippen LogP contribution is 2.41. The average Bonchev–Trinajstić information content (AvgIpc) is 3.06. The Bertz CT molecular complexity index is 949. The van der Waals surface area contributed by atoms with Gasteiger partial charge in [-0.3, -0.25) is 4.79 Å². The van der Waals surface area contributed by atoms with E-state index in [9.17, 15) is 4.79 Å². The summed E-state index contributed by atoms with van der Waals surface area (Å²) in [5.74, 6) is 1.86. The minimum atomic E-state index is -0.108. The maximum absolute atomic E-state index is 11.2. The van der Waals surface area contributed by atoms with Crippen molar-refractivity contribution in [3.05, 3.63) is 40.5 Å². The Labute approximate surface area is 143 Å². The molecule has 1 aliphatic rings. The van der Waals surface area contributed by atoms with Crippen molar-refractivity contribution in [1.82, 2.24) is 9.97 Å². The molecule has 122 valence electrons. The van der Waals surface area contributed by atoms with E-state index in [-0.39, 0.29) is 5.91 Å². The second-order valence-corrected chi connectivity index (χ2v) is 7.01. The number of fused-ring (bicyclic) bond motifs is 3. The Balaban J connectivity index is 1.76. The van der Waals surface area contributed by atoms with Crippen molar-refractivity contribution in [1.29, 1.82) is 0 Å². The zero-order chi connectivity index (χ0) is 16.7. The summed E-state index contributed by atoms with van der Waals surface area (Å²) in [4.78, 5) is 22.7. The lowest BCUT2D eigenvalue weighted by atomic mass is 10.2. The van der Waals surface area contributed by atoms with Crippen molar-refractivity contribution in [2.75, 3.05) is 5.32 Å². The molecule has 0 radical (unpaired) electrons. The van der Waals surface area contributed by atoms with Crippen LogP contribution < -0.4 is 10.1 Å². The van der Waals surface area contributed by atoms with Crippen LogP contribution in [0.4, 0.5) is 5.69 Å². The molecule has 0 saturated heterocycles. The van der Waals surface area contributed by atoms with Gasteiger partial charge in [-0.25, -0.2) is 4.98 Å². The number of ether oxygens (including phenoxy) is 1. The van der Waals surface area contributed by atoms with Crippen LogP contribution in [0.15, 0.2) is 24.3 Å². The fourth-order valence-corrected chi connectivity index (χ4v) is 4.39. The van der Waals surface area contributed by atoms with E-state index in [4.69, 9.17) is 4.74 Å². The number of benzene rings is 1.